The van der Waals surface area contributed by atoms with Crippen LogP contribution in [-0.2, 0) is 6.61 Å². The molecule has 0 bridgehead atoms. The van der Waals surface area contributed by atoms with E-state index in [0.717, 1.165) is 5.56 Å². The Morgan fingerprint density at radius 3 is 2.46 bits per heavy atom. The highest BCUT2D eigenvalue weighted by molar-refractivity contribution is 6.44. The van der Waals surface area contributed by atoms with Crippen molar-refractivity contribution >= 4 is 34.8 Å². The Balaban J connectivity index is 1.73. The number of ether oxygens (including phenoxy) is 2. The number of methoxy groups -OCH3 is 1. The van der Waals surface area contributed by atoms with E-state index in [4.69, 9.17) is 32.7 Å². The van der Waals surface area contributed by atoms with E-state index in [-0.39, 0.29) is 5.91 Å². The lowest BCUT2D eigenvalue weighted by atomic mass is 10.1. The average Bonchev–Trinajstić information content (AvgIpc) is 2.71. The number of hydrogen-bond donors (Lipinski definition) is 1. The molecule has 0 aliphatic rings. The van der Waals surface area contributed by atoms with Gasteiger partial charge in [-0.3, -0.25) is 4.79 Å². The molecule has 0 saturated carbocycles. The van der Waals surface area contributed by atoms with Crippen molar-refractivity contribution in [2.24, 2.45) is 0 Å². The van der Waals surface area contributed by atoms with Crippen LogP contribution >= 0.6 is 23.2 Å². The molecule has 3 aromatic carbocycles. The highest BCUT2D eigenvalue weighted by Gasteiger charge is 2.14. The highest BCUT2D eigenvalue weighted by atomic mass is 35.5. The molecule has 3 aromatic rings. The van der Waals surface area contributed by atoms with Crippen molar-refractivity contribution < 1.29 is 14.3 Å². The fourth-order valence-electron chi connectivity index (χ4n) is 2.57. The monoisotopic (exact) mass is 415 g/mol. The molecular formula is C22H19Cl2NO3. The van der Waals surface area contributed by atoms with Crippen LogP contribution in [0.1, 0.15) is 21.5 Å². The molecule has 0 aliphatic heterocycles. The third-order valence-electron chi connectivity index (χ3n) is 4.14. The number of nitrogens with one attached hydrogen (secondary N) is 1. The number of anilines is 1. The summed E-state index contributed by atoms with van der Waals surface area (Å²) in [5, 5.41) is 3.42. The van der Waals surface area contributed by atoms with Gasteiger partial charge >= 0.3 is 0 Å². The topological polar surface area (TPSA) is 47.6 Å². The van der Waals surface area contributed by atoms with Gasteiger partial charge in [0.05, 0.1) is 22.8 Å². The van der Waals surface area contributed by atoms with Crippen LogP contribution in [-0.4, -0.2) is 13.0 Å². The maximum Gasteiger partial charge on any atom is 0.255 e. The molecule has 0 saturated heterocycles. The van der Waals surface area contributed by atoms with Gasteiger partial charge in [-0.25, -0.2) is 0 Å². The van der Waals surface area contributed by atoms with Crippen molar-refractivity contribution in [2.75, 3.05) is 12.4 Å². The minimum absolute atomic E-state index is 0.294. The molecule has 6 heteroatoms. The van der Waals surface area contributed by atoms with Crippen molar-refractivity contribution in [2.45, 2.75) is 13.5 Å². The summed E-state index contributed by atoms with van der Waals surface area (Å²) < 4.78 is 11.2. The van der Waals surface area contributed by atoms with Gasteiger partial charge in [-0.1, -0.05) is 59.1 Å². The molecule has 0 fully saturated rings. The molecule has 0 unspecified atom stereocenters. The van der Waals surface area contributed by atoms with E-state index < -0.39 is 0 Å². The van der Waals surface area contributed by atoms with Crippen molar-refractivity contribution in [1.82, 2.24) is 0 Å². The van der Waals surface area contributed by atoms with E-state index in [0.29, 0.717) is 39.4 Å². The lowest BCUT2D eigenvalue weighted by molar-refractivity contribution is 0.102. The Bertz CT molecular complexity index is 988. The first-order chi connectivity index (χ1) is 13.5. The van der Waals surface area contributed by atoms with Crippen LogP contribution in [0.3, 0.4) is 0 Å². The van der Waals surface area contributed by atoms with E-state index in [1.807, 2.05) is 31.2 Å². The number of carbonyl (C=O) groups is 1. The van der Waals surface area contributed by atoms with E-state index in [2.05, 4.69) is 5.32 Å². The van der Waals surface area contributed by atoms with Gasteiger partial charge < -0.3 is 14.8 Å². The van der Waals surface area contributed by atoms with Crippen LogP contribution < -0.4 is 14.8 Å². The predicted octanol–water partition coefficient (Wildman–Crippen LogP) is 6.14. The summed E-state index contributed by atoms with van der Waals surface area (Å²) in [6, 6.07) is 18.1. The molecule has 28 heavy (non-hydrogen) atoms. The smallest absolute Gasteiger partial charge is 0.255 e. The van der Waals surface area contributed by atoms with Crippen LogP contribution in [0, 0.1) is 6.92 Å². The third-order valence-corrected chi connectivity index (χ3v) is 4.96. The first-order valence-corrected chi connectivity index (χ1v) is 9.35. The van der Waals surface area contributed by atoms with Crippen LogP contribution in [0.5, 0.6) is 11.5 Å². The van der Waals surface area contributed by atoms with E-state index in [1.165, 1.54) is 12.7 Å². The SMILES string of the molecule is COc1cc(C(=O)Nc2cccc(Cl)c2Cl)ccc1OCc1ccc(C)cc1. The zero-order valence-corrected chi connectivity index (χ0v) is 17.0. The third kappa shape index (κ3) is 4.77. The number of carbonyl (C=O) groups excluding carboxylic acids is 1. The van der Waals surface area contributed by atoms with Gasteiger partial charge in [0.2, 0.25) is 0 Å². The lowest BCUT2D eigenvalue weighted by Gasteiger charge is -2.13. The van der Waals surface area contributed by atoms with E-state index in [1.54, 1.807) is 36.4 Å². The largest absolute Gasteiger partial charge is 0.493 e. The van der Waals surface area contributed by atoms with Crippen molar-refractivity contribution in [3.05, 3.63) is 87.4 Å². The molecule has 3 rings (SSSR count). The van der Waals surface area contributed by atoms with E-state index >= 15 is 0 Å². The molecule has 0 radical (unpaired) electrons. The first-order valence-electron chi connectivity index (χ1n) is 8.59. The van der Waals surface area contributed by atoms with Gasteiger partial charge in [-0.05, 0) is 42.8 Å². The summed E-state index contributed by atoms with van der Waals surface area (Å²) in [5.74, 6) is 0.699. The van der Waals surface area contributed by atoms with Gasteiger partial charge in [0.25, 0.3) is 5.91 Å². The number of halogens is 2. The zero-order valence-electron chi connectivity index (χ0n) is 15.5. The first kappa shape index (κ1) is 20.1. The average molecular weight is 416 g/mol. The molecule has 0 aliphatic carbocycles. The van der Waals surface area contributed by atoms with Gasteiger partial charge in [0, 0.05) is 5.56 Å². The molecule has 0 spiro atoms. The number of amides is 1. The van der Waals surface area contributed by atoms with Crippen LogP contribution in [0.2, 0.25) is 10.0 Å². The summed E-state index contributed by atoms with van der Waals surface area (Å²) in [5.41, 5.74) is 3.09. The molecule has 4 nitrogen and oxygen atoms in total. The molecule has 1 amide bonds. The van der Waals surface area contributed by atoms with Crippen LogP contribution in [0.4, 0.5) is 5.69 Å². The fraction of sp³-hybridized carbons (Fsp3) is 0.136. The summed E-state index contributed by atoms with van der Waals surface area (Å²) in [6.45, 7) is 2.44. The standard InChI is InChI=1S/C22H19Cl2NO3/c1-14-6-8-15(9-7-14)13-28-19-11-10-16(12-20(19)27-2)22(26)25-18-5-3-4-17(23)21(18)24/h3-12H,13H2,1-2H3,(H,25,26). The van der Waals surface area contributed by atoms with Crippen molar-refractivity contribution in [3.63, 3.8) is 0 Å². The summed E-state index contributed by atoms with van der Waals surface area (Å²) in [7, 11) is 1.53. The van der Waals surface area contributed by atoms with Crippen LogP contribution in [0.25, 0.3) is 0 Å². The minimum atomic E-state index is -0.326. The summed E-state index contributed by atoms with van der Waals surface area (Å²) in [6.07, 6.45) is 0. The van der Waals surface area contributed by atoms with Gasteiger partial charge in [0.15, 0.2) is 11.5 Å². The Morgan fingerprint density at radius 2 is 1.75 bits per heavy atom. The minimum Gasteiger partial charge on any atom is -0.493 e. The molecule has 0 heterocycles. The molecule has 0 aromatic heterocycles. The number of aryl methyl sites for hydroxylation is 1. The second-order valence-corrected chi connectivity index (χ2v) is 6.98. The zero-order chi connectivity index (χ0) is 20.1. The molecule has 1 N–H and O–H groups in total. The molecule has 0 atom stereocenters. The van der Waals surface area contributed by atoms with Crippen molar-refractivity contribution in [3.8, 4) is 11.5 Å². The van der Waals surface area contributed by atoms with Gasteiger partial charge in [-0.15, -0.1) is 0 Å². The Hall–Kier alpha value is -2.69. The Morgan fingerprint density at radius 1 is 1.00 bits per heavy atom. The maximum atomic E-state index is 12.6. The second-order valence-electron chi connectivity index (χ2n) is 6.20. The quantitative estimate of drug-likeness (QED) is 0.525. The summed E-state index contributed by atoms with van der Waals surface area (Å²) in [4.78, 5) is 12.6. The van der Waals surface area contributed by atoms with Crippen LogP contribution in [0.15, 0.2) is 60.7 Å². The van der Waals surface area contributed by atoms with Gasteiger partial charge in [0.1, 0.15) is 6.61 Å². The fourth-order valence-corrected chi connectivity index (χ4v) is 2.92. The molecule has 144 valence electrons. The maximum absolute atomic E-state index is 12.6. The number of rotatable bonds is 6. The van der Waals surface area contributed by atoms with Gasteiger partial charge in [-0.2, -0.15) is 0 Å². The second kappa shape index (κ2) is 9.00. The predicted molar refractivity (Wildman–Crippen MR) is 113 cm³/mol. The summed E-state index contributed by atoms with van der Waals surface area (Å²) >= 11 is 12.1. The van der Waals surface area contributed by atoms with E-state index in [9.17, 15) is 4.79 Å². The Labute approximate surface area is 174 Å². The number of benzene rings is 3. The van der Waals surface area contributed by atoms with Crippen molar-refractivity contribution in [1.29, 1.82) is 0 Å². The lowest BCUT2D eigenvalue weighted by Crippen LogP contribution is -2.12. The molecular weight excluding hydrogens is 397 g/mol. The highest BCUT2D eigenvalue weighted by Crippen LogP contribution is 2.32. The normalized spacial score (nSPS) is 10.4. The number of hydrogen-bond acceptors (Lipinski definition) is 3. The Kier molecular flexibility index (Phi) is 6.45.